The maximum Gasteiger partial charge on any atom is 0.272 e. The number of anilines is 1. The third-order valence-electron chi connectivity index (χ3n) is 4.11. The standard InChI is InChI=1S/C18H22N6O5S2/c1-18(2,3)15(25)20-16-21-22-17(30-16)31(26,27)24(4)10-13-19-14(23-29-13)11-6-8-12(28-5)9-7-11/h6-9H,10H2,1-5H3,(H,20,21,25). The van der Waals surface area contributed by atoms with E-state index in [4.69, 9.17) is 9.26 Å². The van der Waals surface area contributed by atoms with E-state index in [-0.39, 0.29) is 27.8 Å². The number of carbonyl (C=O) groups excluding carboxylic acids is 1. The lowest BCUT2D eigenvalue weighted by molar-refractivity contribution is -0.123. The molecule has 0 spiro atoms. The number of aromatic nitrogens is 4. The lowest BCUT2D eigenvalue weighted by Gasteiger charge is -2.15. The molecule has 0 aliphatic rings. The number of benzene rings is 1. The van der Waals surface area contributed by atoms with Gasteiger partial charge in [0, 0.05) is 18.0 Å². The molecule has 0 bridgehead atoms. The summed E-state index contributed by atoms with van der Waals surface area (Å²) in [6.45, 7) is 5.05. The van der Waals surface area contributed by atoms with Gasteiger partial charge in [-0.2, -0.15) is 9.29 Å². The van der Waals surface area contributed by atoms with Crippen LogP contribution in [-0.2, 0) is 21.4 Å². The SMILES string of the molecule is COc1ccc(-c2noc(CN(C)S(=O)(=O)c3nnc(NC(=O)C(C)(C)C)s3)n2)cc1. The molecule has 1 aromatic carbocycles. The van der Waals surface area contributed by atoms with Crippen molar-refractivity contribution in [3.8, 4) is 17.1 Å². The lowest BCUT2D eigenvalue weighted by Crippen LogP contribution is -2.27. The van der Waals surface area contributed by atoms with Crippen LogP contribution in [0.5, 0.6) is 5.75 Å². The first-order valence-electron chi connectivity index (χ1n) is 9.09. The van der Waals surface area contributed by atoms with Gasteiger partial charge in [-0.3, -0.25) is 4.79 Å². The molecule has 0 aliphatic carbocycles. The largest absolute Gasteiger partial charge is 0.497 e. The minimum absolute atomic E-state index is 0.103. The van der Waals surface area contributed by atoms with Crippen LogP contribution < -0.4 is 10.1 Å². The Kier molecular flexibility index (Phi) is 6.38. The van der Waals surface area contributed by atoms with Crippen LogP contribution in [0, 0.1) is 5.41 Å². The van der Waals surface area contributed by atoms with E-state index in [9.17, 15) is 13.2 Å². The molecule has 1 amide bonds. The number of hydrogen-bond donors (Lipinski definition) is 1. The molecule has 2 aromatic heterocycles. The third kappa shape index (κ3) is 5.24. The monoisotopic (exact) mass is 466 g/mol. The van der Waals surface area contributed by atoms with Gasteiger partial charge in [-0.15, -0.1) is 10.2 Å². The van der Waals surface area contributed by atoms with E-state index >= 15 is 0 Å². The summed E-state index contributed by atoms with van der Waals surface area (Å²) in [5, 5.41) is 14.0. The molecule has 0 saturated carbocycles. The Morgan fingerprint density at radius 2 is 1.90 bits per heavy atom. The Morgan fingerprint density at radius 1 is 1.23 bits per heavy atom. The molecule has 1 N–H and O–H groups in total. The summed E-state index contributed by atoms with van der Waals surface area (Å²) < 4.78 is 36.7. The lowest BCUT2D eigenvalue weighted by atomic mass is 9.96. The summed E-state index contributed by atoms with van der Waals surface area (Å²) in [6, 6.07) is 7.05. The van der Waals surface area contributed by atoms with Gasteiger partial charge in [0.1, 0.15) is 5.75 Å². The quantitative estimate of drug-likeness (QED) is 0.520. The van der Waals surface area contributed by atoms with Gasteiger partial charge in [-0.25, -0.2) is 8.42 Å². The van der Waals surface area contributed by atoms with E-state index in [1.54, 1.807) is 52.1 Å². The highest BCUT2D eigenvalue weighted by Crippen LogP contribution is 2.26. The molecule has 2 heterocycles. The van der Waals surface area contributed by atoms with Crippen LogP contribution >= 0.6 is 11.3 Å². The van der Waals surface area contributed by atoms with Crippen LogP contribution in [0.4, 0.5) is 5.13 Å². The Bertz CT molecular complexity index is 1160. The van der Waals surface area contributed by atoms with E-state index in [0.717, 1.165) is 15.6 Å². The number of amides is 1. The van der Waals surface area contributed by atoms with Gasteiger partial charge in [0.2, 0.25) is 27.1 Å². The second-order valence-electron chi connectivity index (χ2n) is 7.58. The fraction of sp³-hybridized carbons (Fsp3) is 0.389. The van der Waals surface area contributed by atoms with Gasteiger partial charge in [0.05, 0.1) is 13.7 Å². The summed E-state index contributed by atoms with van der Waals surface area (Å²) in [5.41, 5.74) is 0.0470. The van der Waals surface area contributed by atoms with E-state index in [2.05, 4.69) is 25.7 Å². The second-order valence-corrected chi connectivity index (χ2v) is 10.8. The fourth-order valence-electron chi connectivity index (χ4n) is 2.23. The smallest absolute Gasteiger partial charge is 0.272 e. The zero-order chi connectivity index (χ0) is 22.8. The zero-order valence-electron chi connectivity index (χ0n) is 17.6. The Morgan fingerprint density at radius 3 is 2.52 bits per heavy atom. The van der Waals surface area contributed by atoms with Crippen LogP contribution in [0.25, 0.3) is 11.4 Å². The average molecular weight is 467 g/mol. The normalized spacial score (nSPS) is 12.2. The van der Waals surface area contributed by atoms with Crippen molar-refractivity contribution in [3.63, 3.8) is 0 Å². The predicted octanol–water partition coefficient (Wildman–Crippen LogP) is 2.40. The van der Waals surface area contributed by atoms with Gasteiger partial charge in [-0.1, -0.05) is 37.3 Å². The molecular weight excluding hydrogens is 444 g/mol. The molecule has 0 saturated heterocycles. The van der Waals surface area contributed by atoms with Crippen molar-refractivity contribution in [2.45, 2.75) is 31.7 Å². The first-order chi connectivity index (χ1) is 14.5. The van der Waals surface area contributed by atoms with E-state index in [0.29, 0.717) is 17.1 Å². The molecule has 13 heteroatoms. The van der Waals surface area contributed by atoms with E-state index < -0.39 is 15.4 Å². The molecule has 166 valence electrons. The molecule has 11 nitrogen and oxygen atoms in total. The highest BCUT2D eigenvalue weighted by molar-refractivity contribution is 7.91. The van der Waals surface area contributed by atoms with Crippen molar-refractivity contribution in [2.24, 2.45) is 5.41 Å². The number of ether oxygens (including phenoxy) is 1. The molecule has 0 fully saturated rings. The summed E-state index contributed by atoms with van der Waals surface area (Å²) in [7, 11) is -1.04. The van der Waals surface area contributed by atoms with E-state index in [1.807, 2.05) is 0 Å². The number of hydrogen-bond acceptors (Lipinski definition) is 10. The fourth-order valence-corrected chi connectivity index (χ4v) is 4.44. The molecule has 0 aliphatic heterocycles. The van der Waals surface area contributed by atoms with Gasteiger partial charge in [-0.05, 0) is 24.3 Å². The van der Waals surface area contributed by atoms with Crippen molar-refractivity contribution in [1.82, 2.24) is 24.6 Å². The number of rotatable bonds is 7. The molecule has 3 aromatic rings. The highest BCUT2D eigenvalue weighted by Gasteiger charge is 2.29. The van der Waals surface area contributed by atoms with Gasteiger partial charge in [0.15, 0.2) is 0 Å². The van der Waals surface area contributed by atoms with Crippen molar-refractivity contribution < 1.29 is 22.5 Å². The molecule has 3 rings (SSSR count). The molecule has 0 atom stereocenters. The number of carbonyl (C=O) groups is 1. The van der Waals surface area contributed by atoms with Crippen LogP contribution in [0.3, 0.4) is 0 Å². The van der Waals surface area contributed by atoms with Crippen molar-refractivity contribution in [1.29, 1.82) is 0 Å². The number of nitrogens with zero attached hydrogens (tertiary/aromatic N) is 5. The summed E-state index contributed by atoms with van der Waals surface area (Å²) in [6.07, 6.45) is 0. The average Bonchev–Trinajstić information content (AvgIpc) is 3.37. The number of nitrogens with one attached hydrogen (secondary N) is 1. The minimum atomic E-state index is -3.97. The Labute approximate surface area is 183 Å². The van der Waals surface area contributed by atoms with Crippen LogP contribution in [0.1, 0.15) is 26.7 Å². The predicted molar refractivity (Wildman–Crippen MR) is 113 cm³/mol. The Hall–Kier alpha value is -2.90. The number of sulfonamides is 1. The van der Waals surface area contributed by atoms with Gasteiger partial charge in [0.25, 0.3) is 10.0 Å². The molecule has 0 unspecified atom stereocenters. The van der Waals surface area contributed by atoms with Crippen LogP contribution in [0.2, 0.25) is 0 Å². The van der Waals surface area contributed by atoms with E-state index in [1.165, 1.54) is 7.05 Å². The Balaban J connectivity index is 1.70. The van der Waals surface area contributed by atoms with Gasteiger partial charge < -0.3 is 14.6 Å². The molecular formula is C18H22N6O5S2. The molecule has 0 radical (unpaired) electrons. The van der Waals surface area contributed by atoms with Crippen molar-refractivity contribution >= 4 is 32.4 Å². The van der Waals surface area contributed by atoms with Crippen LogP contribution in [-0.4, -0.2) is 53.1 Å². The van der Waals surface area contributed by atoms with Crippen LogP contribution in [0.15, 0.2) is 33.1 Å². The maximum absolute atomic E-state index is 12.8. The first kappa shape index (κ1) is 22.8. The van der Waals surface area contributed by atoms with Crippen molar-refractivity contribution in [2.75, 3.05) is 19.5 Å². The van der Waals surface area contributed by atoms with Gasteiger partial charge >= 0.3 is 0 Å². The topological polar surface area (TPSA) is 140 Å². The summed E-state index contributed by atoms with van der Waals surface area (Å²) in [5.74, 6) is 0.834. The van der Waals surface area contributed by atoms with Crippen molar-refractivity contribution in [3.05, 3.63) is 30.2 Å². The summed E-state index contributed by atoms with van der Waals surface area (Å²) in [4.78, 5) is 16.3. The molecule has 31 heavy (non-hydrogen) atoms. The maximum atomic E-state index is 12.8. The minimum Gasteiger partial charge on any atom is -0.497 e. The second kappa shape index (κ2) is 8.69. The number of methoxy groups -OCH3 is 1. The first-order valence-corrected chi connectivity index (χ1v) is 11.3. The summed E-state index contributed by atoms with van der Waals surface area (Å²) >= 11 is 0.766. The highest BCUT2D eigenvalue weighted by atomic mass is 32.2. The third-order valence-corrected chi connectivity index (χ3v) is 7.10. The zero-order valence-corrected chi connectivity index (χ0v) is 19.2.